The average molecular weight is 289 g/mol. The van der Waals surface area contributed by atoms with Crippen LogP contribution in [0.15, 0.2) is 29.3 Å². The third-order valence-corrected chi connectivity index (χ3v) is 3.59. The first-order chi connectivity index (χ1) is 9.91. The number of fused-ring (bicyclic) bond motifs is 1. The minimum atomic E-state index is -0.178. The van der Waals surface area contributed by atoms with E-state index in [1.807, 2.05) is 19.2 Å². The quantitative estimate of drug-likeness (QED) is 0.664. The molecule has 1 heterocycles. The molecule has 0 saturated carbocycles. The van der Waals surface area contributed by atoms with Crippen LogP contribution in [0.5, 0.6) is 5.75 Å². The van der Waals surface area contributed by atoms with Gasteiger partial charge in [0.15, 0.2) is 5.96 Å². The van der Waals surface area contributed by atoms with E-state index in [-0.39, 0.29) is 11.6 Å². The average Bonchev–Trinajstić information content (AvgIpc) is 2.41. The number of para-hydroxylation sites is 1. The number of rotatable bonds is 3. The van der Waals surface area contributed by atoms with Crippen LogP contribution in [-0.4, -0.2) is 25.2 Å². The number of benzene rings is 1. The van der Waals surface area contributed by atoms with Crippen molar-refractivity contribution < 1.29 is 4.74 Å². The van der Waals surface area contributed by atoms with Gasteiger partial charge in [-0.1, -0.05) is 32.0 Å². The topological polar surface area (TPSA) is 45.7 Å². The highest BCUT2D eigenvalue weighted by molar-refractivity contribution is 5.80. The summed E-state index contributed by atoms with van der Waals surface area (Å²) in [7, 11) is 1.81. The second-order valence-electron chi connectivity index (χ2n) is 6.65. The van der Waals surface area contributed by atoms with Crippen LogP contribution in [0, 0.1) is 5.92 Å². The van der Waals surface area contributed by atoms with E-state index >= 15 is 0 Å². The highest BCUT2D eigenvalue weighted by Crippen LogP contribution is 2.39. The van der Waals surface area contributed by atoms with E-state index < -0.39 is 0 Å². The van der Waals surface area contributed by atoms with Crippen LogP contribution in [-0.2, 0) is 0 Å². The van der Waals surface area contributed by atoms with Crippen molar-refractivity contribution >= 4 is 5.96 Å². The Balaban J connectivity index is 2.15. The van der Waals surface area contributed by atoms with E-state index in [0.717, 1.165) is 24.7 Å². The fourth-order valence-electron chi connectivity index (χ4n) is 2.59. The van der Waals surface area contributed by atoms with E-state index in [2.05, 4.69) is 55.5 Å². The van der Waals surface area contributed by atoms with Gasteiger partial charge in [0.25, 0.3) is 0 Å². The molecule has 2 rings (SSSR count). The number of hydrogen-bond acceptors (Lipinski definition) is 2. The molecular weight excluding hydrogens is 262 g/mol. The van der Waals surface area contributed by atoms with Gasteiger partial charge in [-0.2, -0.15) is 0 Å². The van der Waals surface area contributed by atoms with Gasteiger partial charge in [0.1, 0.15) is 11.4 Å². The monoisotopic (exact) mass is 289 g/mol. The summed E-state index contributed by atoms with van der Waals surface area (Å²) in [6, 6.07) is 8.44. The van der Waals surface area contributed by atoms with E-state index in [9.17, 15) is 0 Å². The first-order valence-electron chi connectivity index (χ1n) is 7.66. The van der Waals surface area contributed by atoms with E-state index in [1.165, 1.54) is 5.56 Å². The van der Waals surface area contributed by atoms with Crippen molar-refractivity contribution in [2.24, 2.45) is 10.9 Å². The SMILES string of the molecule is CN=C(NCC(C)C)NC1CC(C)(C)Oc2ccccc21. The lowest BCUT2D eigenvalue weighted by molar-refractivity contribution is 0.0694. The molecule has 1 atom stereocenters. The molecule has 0 saturated heterocycles. The Labute approximate surface area is 128 Å². The molecule has 1 aliphatic rings. The fourth-order valence-corrected chi connectivity index (χ4v) is 2.59. The van der Waals surface area contributed by atoms with Crippen molar-refractivity contribution in [1.82, 2.24) is 10.6 Å². The first-order valence-corrected chi connectivity index (χ1v) is 7.66. The molecule has 2 N–H and O–H groups in total. The molecule has 1 aliphatic heterocycles. The van der Waals surface area contributed by atoms with Crippen molar-refractivity contribution in [3.05, 3.63) is 29.8 Å². The van der Waals surface area contributed by atoms with Gasteiger partial charge >= 0.3 is 0 Å². The molecule has 0 aromatic heterocycles. The normalized spacial score (nSPS) is 20.7. The Hall–Kier alpha value is -1.71. The lowest BCUT2D eigenvalue weighted by Gasteiger charge is -2.38. The van der Waals surface area contributed by atoms with Gasteiger partial charge in [0.05, 0.1) is 6.04 Å². The smallest absolute Gasteiger partial charge is 0.191 e. The third-order valence-electron chi connectivity index (χ3n) is 3.59. The van der Waals surface area contributed by atoms with Crippen LogP contribution in [0.2, 0.25) is 0 Å². The zero-order valence-electron chi connectivity index (χ0n) is 13.7. The molecule has 1 aromatic rings. The zero-order chi connectivity index (χ0) is 15.5. The summed E-state index contributed by atoms with van der Waals surface area (Å²) in [4.78, 5) is 4.33. The van der Waals surface area contributed by atoms with E-state index in [1.54, 1.807) is 0 Å². The maximum atomic E-state index is 6.06. The van der Waals surface area contributed by atoms with Gasteiger partial charge in [-0.25, -0.2) is 0 Å². The van der Waals surface area contributed by atoms with Gasteiger partial charge < -0.3 is 15.4 Å². The number of nitrogens with one attached hydrogen (secondary N) is 2. The van der Waals surface area contributed by atoms with Crippen molar-refractivity contribution in [2.75, 3.05) is 13.6 Å². The molecule has 0 fully saturated rings. The highest BCUT2D eigenvalue weighted by Gasteiger charge is 2.33. The molecule has 1 aromatic carbocycles. The Morgan fingerprint density at radius 1 is 1.38 bits per heavy atom. The van der Waals surface area contributed by atoms with Gasteiger partial charge in [-0.3, -0.25) is 4.99 Å². The predicted molar refractivity (Wildman–Crippen MR) is 87.8 cm³/mol. The summed E-state index contributed by atoms with van der Waals surface area (Å²) in [5.74, 6) is 2.40. The number of hydrogen-bond donors (Lipinski definition) is 2. The molecule has 0 amide bonds. The van der Waals surface area contributed by atoms with Gasteiger partial charge in [0.2, 0.25) is 0 Å². The third kappa shape index (κ3) is 4.13. The van der Waals surface area contributed by atoms with Crippen LogP contribution in [0.3, 0.4) is 0 Å². The van der Waals surface area contributed by atoms with Crippen molar-refractivity contribution in [3.63, 3.8) is 0 Å². The molecular formula is C17H27N3O. The summed E-state index contributed by atoms with van der Waals surface area (Å²) in [5, 5.41) is 6.90. The molecule has 0 aliphatic carbocycles. The minimum absolute atomic E-state index is 0.178. The maximum Gasteiger partial charge on any atom is 0.191 e. The number of nitrogens with zero attached hydrogens (tertiary/aromatic N) is 1. The van der Waals surface area contributed by atoms with Crippen LogP contribution in [0.1, 0.15) is 45.7 Å². The Morgan fingerprint density at radius 2 is 2.10 bits per heavy atom. The molecule has 1 unspecified atom stereocenters. The maximum absolute atomic E-state index is 6.06. The summed E-state index contributed by atoms with van der Waals surface area (Å²) >= 11 is 0. The first kappa shape index (κ1) is 15.7. The Bertz CT molecular complexity index is 509. The highest BCUT2D eigenvalue weighted by atomic mass is 16.5. The summed E-state index contributed by atoms with van der Waals surface area (Å²) in [6.07, 6.45) is 0.909. The zero-order valence-corrected chi connectivity index (χ0v) is 13.7. The van der Waals surface area contributed by atoms with Crippen LogP contribution < -0.4 is 15.4 Å². The molecule has 0 bridgehead atoms. The fraction of sp³-hybridized carbons (Fsp3) is 0.588. The molecule has 116 valence electrons. The molecule has 0 radical (unpaired) electrons. The number of ether oxygens (including phenoxy) is 1. The lowest BCUT2D eigenvalue weighted by atomic mass is 9.90. The molecule has 21 heavy (non-hydrogen) atoms. The van der Waals surface area contributed by atoms with Crippen LogP contribution >= 0.6 is 0 Å². The minimum Gasteiger partial charge on any atom is -0.487 e. The molecule has 0 spiro atoms. The van der Waals surface area contributed by atoms with E-state index in [0.29, 0.717) is 5.92 Å². The summed E-state index contributed by atoms with van der Waals surface area (Å²) in [5.41, 5.74) is 1.02. The molecule has 4 heteroatoms. The largest absolute Gasteiger partial charge is 0.487 e. The van der Waals surface area contributed by atoms with Crippen molar-refractivity contribution in [1.29, 1.82) is 0 Å². The van der Waals surface area contributed by atoms with E-state index in [4.69, 9.17) is 4.74 Å². The van der Waals surface area contributed by atoms with Crippen molar-refractivity contribution in [2.45, 2.75) is 45.8 Å². The Morgan fingerprint density at radius 3 is 2.76 bits per heavy atom. The predicted octanol–water partition coefficient (Wildman–Crippen LogP) is 3.11. The van der Waals surface area contributed by atoms with Crippen molar-refractivity contribution in [3.8, 4) is 5.75 Å². The lowest BCUT2D eigenvalue weighted by Crippen LogP contribution is -2.46. The van der Waals surface area contributed by atoms with Crippen LogP contribution in [0.25, 0.3) is 0 Å². The van der Waals surface area contributed by atoms with Gasteiger partial charge in [-0.05, 0) is 25.8 Å². The molecule has 4 nitrogen and oxygen atoms in total. The second-order valence-corrected chi connectivity index (χ2v) is 6.65. The second kappa shape index (κ2) is 6.37. The van der Waals surface area contributed by atoms with Gasteiger partial charge in [0, 0.05) is 25.6 Å². The standard InChI is InChI=1S/C17H27N3O/c1-12(2)11-19-16(18-5)20-14-10-17(3,4)21-15-9-7-6-8-13(14)15/h6-9,12,14H,10-11H2,1-5H3,(H2,18,19,20). The number of aliphatic imine (C=N–C) groups is 1. The summed E-state index contributed by atoms with van der Waals surface area (Å²) < 4.78 is 6.06. The number of guanidine groups is 1. The summed E-state index contributed by atoms with van der Waals surface area (Å²) in [6.45, 7) is 9.54. The van der Waals surface area contributed by atoms with Gasteiger partial charge in [-0.15, -0.1) is 0 Å². The Kier molecular flexibility index (Phi) is 4.76. The van der Waals surface area contributed by atoms with Crippen LogP contribution in [0.4, 0.5) is 0 Å².